The molecule has 3 aromatic rings. The topological polar surface area (TPSA) is 59.8 Å². The Morgan fingerprint density at radius 1 is 1.15 bits per heavy atom. The molecule has 1 heterocycles. The Kier molecular flexibility index (Phi) is 5.96. The molecule has 0 bridgehead atoms. The van der Waals surface area contributed by atoms with E-state index in [2.05, 4.69) is 55.3 Å². The Hall–Kier alpha value is -2.60. The predicted octanol–water partition coefficient (Wildman–Crippen LogP) is 4.74. The van der Waals surface area contributed by atoms with Gasteiger partial charge in [0.05, 0.1) is 5.75 Å². The van der Waals surface area contributed by atoms with Crippen LogP contribution < -0.4 is 5.32 Å². The quantitative estimate of drug-likeness (QED) is 0.628. The fourth-order valence-electron chi connectivity index (χ4n) is 2.81. The highest BCUT2D eigenvalue weighted by Gasteiger charge is 2.13. The third-order valence-corrected chi connectivity index (χ3v) is 5.42. The lowest BCUT2D eigenvalue weighted by atomic mass is 10.0. The zero-order chi connectivity index (χ0) is 19.4. The molecular weight excluding hydrogens is 356 g/mol. The Balaban J connectivity index is 1.69. The van der Waals surface area contributed by atoms with E-state index in [-0.39, 0.29) is 11.7 Å². The summed E-state index contributed by atoms with van der Waals surface area (Å²) in [4.78, 5) is 12.4. The molecule has 0 fully saturated rings. The van der Waals surface area contributed by atoms with Crippen molar-refractivity contribution in [3.63, 3.8) is 0 Å². The van der Waals surface area contributed by atoms with Gasteiger partial charge in [0.1, 0.15) is 6.33 Å². The summed E-state index contributed by atoms with van der Waals surface area (Å²) in [6.07, 6.45) is 1.68. The van der Waals surface area contributed by atoms with Gasteiger partial charge in [-0.25, -0.2) is 0 Å². The molecule has 2 aromatic carbocycles. The van der Waals surface area contributed by atoms with Gasteiger partial charge in [0.15, 0.2) is 5.16 Å². The number of carbonyl (C=O) groups excluding carboxylic acids is 1. The highest BCUT2D eigenvalue weighted by Crippen LogP contribution is 2.25. The first-order chi connectivity index (χ1) is 13.0. The summed E-state index contributed by atoms with van der Waals surface area (Å²) in [5, 5.41) is 11.9. The maximum Gasteiger partial charge on any atom is 0.234 e. The number of benzene rings is 2. The number of hydrogen-bond donors (Lipinski definition) is 1. The van der Waals surface area contributed by atoms with Gasteiger partial charge in [-0.3, -0.25) is 9.36 Å². The number of rotatable bonds is 6. The van der Waals surface area contributed by atoms with E-state index in [4.69, 9.17) is 0 Å². The summed E-state index contributed by atoms with van der Waals surface area (Å²) < 4.78 is 1.91. The van der Waals surface area contributed by atoms with Crippen LogP contribution in [0.5, 0.6) is 0 Å². The molecule has 0 aliphatic rings. The number of anilines is 1. The van der Waals surface area contributed by atoms with E-state index in [1.807, 2.05) is 34.9 Å². The van der Waals surface area contributed by atoms with Crippen molar-refractivity contribution in [1.29, 1.82) is 0 Å². The molecule has 0 atom stereocenters. The van der Waals surface area contributed by atoms with Crippen LogP contribution in [0.1, 0.15) is 36.5 Å². The lowest BCUT2D eigenvalue weighted by Gasteiger charge is -2.13. The summed E-state index contributed by atoms with van der Waals surface area (Å²) >= 11 is 1.38. The highest BCUT2D eigenvalue weighted by molar-refractivity contribution is 7.99. The predicted molar refractivity (Wildman–Crippen MR) is 111 cm³/mol. The zero-order valence-corrected chi connectivity index (χ0v) is 16.9. The van der Waals surface area contributed by atoms with Gasteiger partial charge in [-0.2, -0.15) is 0 Å². The third kappa shape index (κ3) is 4.57. The summed E-state index contributed by atoms with van der Waals surface area (Å²) in [6, 6.07) is 14.1. The molecule has 0 radical (unpaired) electrons. The van der Waals surface area contributed by atoms with Crippen molar-refractivity contribution in [2.75, 3.05) is 11.1 Å². The molecule has 1 aromatic heterocycles. The largest absolute Gasteiger partial charge is 0.325 e. The molecule has 0 aliphatic carbocycles. The minimum absolute atomic E-state index is 0.0530. The zero-order valence-electron chi connectivity index (χ0n) is 16.1. The van der Waals surface area contributed by atoms with Crippen LogP contribution in [0.2, 0.25) is 0 Å². The first-order valence-corrected chi connectivity index (χ1v) is 9.93. The average molecular weight is 381 g/mol. The van der Waals surface area contributed by atoms with Crippen LogP contribution in [0.15, 0.2) is 53.9 Å². The number of para-hydroxylation sites is 1. The SMILES string of the molecule is Cc1ccc(-n2cnnc2SCC(=O)Nc2ccccc2C(C)C)cc1C. The smallest absolute Gasteiger partial charge is 0.234 e. The Morgan fingerprint density at radius 2 is 1.93 bits per heavy atom. The van der Waals surface area contributed by atoms with Crippen LogP contribution in [0.4, 0.5) is 5.69 Å². The van der Waals surface area contributed by atoms with Crippen molar-refractivity contribution in [3.05, 3.63) is 65.5 Å². The van der Waals surface area contributed by atoms with Gasteiger partial charge in [0, 0.05) is 11.4 Å². The average Bonchev–Trinajstić information content (AvgIpc) is 3.11. The van der Waals surface area contributed by atoms with Crippen molar-refractivity contribution >= 4 is 23.4 Å². The molecule has 0 unspecified atom stereocenters. The minimum atomic E-state index is -0.0530. The number of amides is 1. The van der Waals surface area contributed by atoms with E-state index in [1.165, 1.54) is 22.9 Å². The summed E-state index contributed by atoms with van der Waals surface area (Å²) in [5.41, 5.74) is 5.45. The monoisotopic (exact) mass is 380 g/mol. The molecule has 0 saturated heterocycles. The standard InChI is InChI=1S/C21H24N4OS/c1-14(2)18-7-5-6-8-19(18)23-20(26)12-27-21-24-22-13-25(21)17-10-9-15(3)16(4)11-17/h5-11,13-14H,12H2,1-4H3,(H,23,26). The van der Waals surface area contributed by atoms with Gasteiger partial charge in [0.25, 0.3) is 0 Å². The Labute approximate surface area is 164 Å². The van der Waals surface area contributed by atoms with E-state index in [1.54, 1.807) is 6.33 Å². The van der Waals surface area contributed by atoms with Crippen molar-refractivity contribution < 1.29 is 4.79 Å². The molecule has 1 amide bonds. The van der Waals surface area contributed by atoms with E-state index in [0.717, 1.165) is 16.9 Å². The van der Waals surface area contributed by atoms with Gasteiger partial charge in [-0.1, -0.05) is 49.9 Å². The van der Waals surface area contributed by atoms with Gasteiger partial charge < -0.3 is 5.32 Å². The fraction of sp³-hybridized carbons (Fsp3) is 0.286. The summed E-state index contributed by atoms with van der Waals surface area (Å²) in [6.45, 7) is 8.40. The maximum atomic E-state index is 12.4. The van der Waals surface area contributed by atoms with Gasteiger partial charge in [0.2, 0.25) is 5.91 Å². The summed E-state index contributed by atoms with van der Waals surface area (Å²) in [5.74, 6) is 0.570. The molecule has 140 valence electrons. The van der Waals surface area contributed by atoms with E-state index >= 15 is 0 Å². The maximum absolute atomic E-state index is 12.4. The first-order valence-electron chi connectivity index (χ1n) is 8.95. The van der Waals surface area contributed by atoms with Crippen LogP contribution in [0.3, 0.4) is 0 Å². The number of aryl methyl sites for hydroxylation is 2. The van der Waals surface area contributed by atoms with Gasteiger partial charge in [-0.05, 0) is 54.7 Å². The lowest BCUT2D eigenvalue weighted by Crippen LogP contribution is -2.16. The molecule has 0 spiro atoms. The fourth-order valence-corrected chi connectivity index (χ4v) is 3.53. The second-order valence-electron chi connectivity index (χ2n) is 6.83. The number of carbonyl (C=O) groups is 1. The number of nitrogens with one attached hydrogen (secondary N) is 1. The third-order valence-electron chi connectivity index (χ3n) is 4.47. The van der Waals surface area contributed by atoms with Crippen LogP contribution >= 0.6 is 11.8 Å². The van der Waals surface area contributed by atoms with E-state index in [0.29, 0.717) is 11.1 Å². The normalized spacial score (nSPS) is 11.0. The first kappa shape index (κ1) is 19.2. The highest BCUT2D eigenvalue weighted by atomic mass is 32.2. The summed E-state index contributed by atoms with van der Waals surface area (Å²) in [7, 11) is 0. The molecule has 0 saturated carbocycles. The lowest BCUT2D eigenvalue weighted by molar-refractivity contribution is -0.113. The molecule has 3 rings (SSSR count). The second kappa shape index (κ2) is 8.39. The molecule has 5 nitrogen and oxygen atoms in total. The van der Waals surface area contributed by atoms with Crippen molar-refractivity contribution in [1.82, 2.24) is 14.8 Å². The Bertz CT molecular complexity index is 949. The van der Waals surface area contributed by atoms with Gasteiger partial charge in [-0.15, -0.1) is 10.2 Å². The number of aromatic nitrogens is 3. The van der Waals surface area contributed by atoms with E-state index in [9.17, 15) is 4.79 Å². The van der Waals surface area contributed by atoms with Crippen LogP contribution in [0.25, 0.3) is 5.69 Å². The molecule has 1 N–H and O–H groups in total. The molecule has 0 aliphatic heterocycles. The number of hydrogen-bond acceptors (Lipinski definition) is 4. The number of nitrogens with zero attached hydrogens (tertiary/aromatic N) is 3. The molecular formula is C21H24N4OS. The van der Waals surface area contributed by atoms with Crippen LogP contribution in [-0.2, 0) is 4.79 Å². The van der Waals surface area contributed by atoms with Crippen molar-refractivity contribution in [2.24, 2.45) is 0 Å². The molecule has 27 heavy (non-hydrogen) atoms. The molecule has 6 heteroatoms. The number of thioether (sulfide) groups is 1. The minimum Gasteiger partial charge on any atom is -0.325 e. The second-order valence-corrected chi connectivity index (χ2v) is 7.77. The Morgan fingerprint density at radius 3 is 2.67 bits per heavy atom. The van der Waals surface area contributed by atoms with Crippen molar-refractivity contribution in [3.8, 4) is 5.69 Å². The van der Waals surface area contributed by atoms with Crippen LogP contribution in [-0.4, -0.2) is 26.4 Å². The van der Waals surface area contributed by atoms with Crippen molar-refractivity contribution in [2.45, 2.75) is 38.8 Å². The van der Waals surface area contributed by atoms with E-state index < -0.39 is 0 Å². The van der Waals surface area contributed by atoms with Crippen LogP contribution in [0, 0.1) is 13.8 Å². The van der Waals surface area contributed by atoms with Gasteiger partial charge >= 0.3 is 0 Å².